The minimum absolute atomic E-state index is 0.0126. The van der Waals surface area contributed by atoms with Gasteiger partial charge in [-0.3, -0.25) is 14.3 Å². The van der Waals surface area contributed by atoms with E-state index in [0.29, 0.717) is 19.4 Å². The summed E-state index contributed by atoms with van der Waals surface area (Å²) < 4.78 is 1.93. The van der Waals surface area contributed by atoms with Crippen LogP contribution in [0.15, 0.2) is 24.4 Å². The number of aromatic nitrogens is 5. The van der Waals surface area contributed by atoms with Crippen LogP contribution in [0.2, 0.25) is 0 Å². The zero-order valence-electron chi connectivity index (χ0n) is 12.6. The van der Waals surface area contributed by atoms with Gasteiger partial charge in [-0.25, -0.2) is 0 Å². The van der Waals surface area contributed by atoms with Gasteiger partial charge in [-0.05, 0) is 26.0 Å². The van der Waals surface area contributed by atoms with Gasteiger partial charge in [0.15, 0.2) is 5.65 Å². The number of hydrogen-bond donors (Lipinski definition) is 2. The van der Waals surface area contributed by atoms with Crippen LogP contribution in [0.25, 0.3) is 5.65 Å². The first-order valence-corrected chi connectivity index (χ1v) is 7.21. The van der Waals surface area contributed by atoms with E-state index in [-0.39, 0.29) is 5.91 Å². The third-order valence-electron chi connectivity index (χ3n) is 3.67. The molecular formula is C15H18N6O. The molecule has 3 rings (SSSR count). The fraction of sp³-hybridized carbons (Fsp3) is 0.333. The van der Waals surface area contributed by atoms with Crippen LogP contribution >= 0.6 is 0 Å². The molecule has 0 aliphatic heterocycles. The average Bonchev–Trinajstić information content (AvgIpc) is 3.06. The van der Waals surface area contributed by atoms with E-state index < -0.39 is 0 Å². The Hall–Kier alpha value is -2.70. The van der Waals surface area contributed by atoms with E-state index >= 15 is 0 Å². The van der Waals surface area contributed by atoms with E-state index in [9.17, 15) is 4.79 Å². The third kappa shape index (κ3) is 2.83. The topological polar surface area (TPSA) is 88.0 Å². The molecule has 0 spiro atoms. The number of pyridine rings is 1. The van der Waals surface area contributed by atoms with Crippen LogP contribution in [-0.2, 0) is 17.6 Å². The van der Waals surface area contributed by atoms with E-state index in [1.165, 1.54) is 0 Å². The molecule has 0 fully saturated rings. The normalized spacial score (nSPS) is 11.0. The van der Waals surface area contributed by atoms with Crippen molar-refractivity contribution in [3.05, 3.63) is 47.2 Å². The number of aromatic amines is 1. The SMILES string of the molecule is Cc1n[nH]c(C)c1CC(=O)NCCc1nnc2ccccn12. The summed E-state index contributed by atoms with van der Waals surface area (Å²) in [5, 5.41) is 18.1. The van der Waals surface area contributed by atoms with Crippen molar-refractivity contribution in [1.82, 2.24) is 30.1 Å². The van der Waals surface area contributed by atoms with Crippen LogP contribution in [0.5, 0.6) is 0 Å². The van der Waals surface area contributed by atoms with Gasteiger partial charge in [-0.2, -0.15) is 5.10 Å². The van der Waals surface area contributed by atoms with Crippen molar-refractivity contribution < 1.29 is 4.79 Å². The minimum Gasteiger partial charge on any atom is -0.355 e. The predicted octanol–water partition coefficient (Wildman–Crippen LogP) is 0.971. The standard InChI is InChI=1S/C15H18N6O/c1-10-12(11(2)18-17-10)9-15(22)16-7-6-14-20-19-13-5-3-4-8-21(13)14/h3-5,8H,6-7,9H2,1-2H3,(H,16,22)(H,17,18). The zero-order valence-corrected chi connectivity index (χ0v) is 12.6. The second-order valence-corrected chi connectivity index (χ2v) is 5.23. The molecule has 7 nitrogen and oxygen atoms in total. The molecule has 3 aromatic heterocycles. The maximum Gasteiger partial charge on any atom is 0.224 e. The quantitative estimate of drug-likeness (QED) is 0.734. The number of aryl methyl sites for hydroxylation is 2. The van der Waals surface area contributed by atoms with Crippen molar-refractivity contribution in [2.45, 2.75) is 26.7 Å². The Balaban J connectivity index is 1.56. The van der Waals surface area contributed by atoms with Crippen LogP contribution in [-0.4, -0.2) is 37.2 Å². The first-order valence-electron chi connectivity index (χ1n) is 7.21. The van der Waals surface area contributed by atoms with Gasteiger partial charge in [0.2, 0.25) is 5.91 Å². The van der Waals surface area contributed by atoms with E-state index in [0.717, 1.165) is 28.4 Å². The van der Waals surface area contributed by atoms with Crippen molar-refractivity contribution >= 4 is 11.6 Å². The highest BCUT2D eigenvalue weighted by molar-refractivity contribution is 5.79. The second-order valence-electron chi connectivity index (χ2n) is 5.23. The Morgan fingerprint density at radius 1 is 1.32 bits per heavy atom. The molecule has 0 saturated carbocycles. The molecule has 0 bridgehead atoms. The van der Waals surface area contributed by atoms with Crippen LogP contribution in [0.1, 0.15) is 22.8 Å². The van der Waals surface area contributed by atoms with Crippen molar-refractivity contribution in [3.63, 3.8) is 0 Å². The zero-order chi connectivity index (χ0) is 15.5. The number of carbonyl (C=O) groups excluding carboxylic acids is 1. The van der Waals surface area contributed by atoms with Crippen molar-refractivity contribution in [3.8, 4) is 0 Å². The van der Waals surface area contributed by atoms with Gasteiger partial charge < -0.3 is 5.32 Å². The van der Waals surface area contributed by atoms with E-state index in [2.05, 4.69) is 25.7 Å². The first-order chi connectivity index (χ1) is 10.6. The molecule has 0 aromatic carbocycles. The summed E-state index contributed by atoms with van der Waals surface area (Å²) in [6.07, 6.45) is 2.90. The van der Waals surface area contributed by atoms with Crippen LogP contribution in [0, 0.1) is 13.8 Å². The fourth-order valence-corrected chi connectivity index (χ4v) is 2.43. The maximum atomic E-state index is 12.0. The van der Waals surface area contributed by atoms with E-state index in [1.54, 1.807) is 0 Å². The van der Waals surface area contributed by atoms with Gasteiger partial charge in [0, 0.05) is 30.4 Å². The van der Waals surface area contributed by atoms with Gasteiger partial charge in [-0.15, -0.1) is 10.2 Å². The number of fused-ring (bicyclic) bond motifs is 1. The summed E-state index contributed by atoms with van der Waals surface area (Å²) in [6, 6.07) is 5.76. The lowest BCUT2D eigenvalue weighted by Gasteiger charge is -2.05. The van der Waals surface area contributed by atoms with Crippen LogP contribution < -0.4 is 5.32 Å². The smallest absolute Gasteiger partial charge is 0.224 e. The molecule has 0 unspecified atom stereocenters. The molecule has 1 amide bonds. The molecule has 2 N–H and O–H groups in total. The highest BCUT2D eigenvalue weighted by atomic mass is 16.1. The lowest BCUT2D eigenvalue weighted by Crippen LogP contribution is -2.28. The van der Waals surface area contributed by atoms with Gasteiger partial charge in [0.05, 0.1) is 12.1 Å². The summed E-state index contributed by atoms with van der Waals surface area (Å²) >= 11 is 0. The summed E-state index contributed by atoms with van der Waals surface area (Å²) in [6.45, 7) is 4.35. The largest absolute Gasteiger partial charge is 0.355 e. The fourth-order valence-electron chi connectivity index (χ4n) is 2.43. The molecule has 0 aliphatic rings. The van der Waals surface area contributed by atoms with Gasteiger partial charge >= 0.3 is 0 Å². The molecule has 3 aromatic rings. The average molecular weight is 298 g/mol. The van der Waals surface area contributed by atoms with Gasteiger partial charge in [0.1, 0.15) is 5.82 Å². The third-order valence-corrected chi connectivity index (χ3v) is 3.67. The molecule has 22 heavy (non-hydrogen) atoms. The highest BCUT2D eigenvalue weighted by Crippen LogP contribution is 2.09. The second kappa shape index (κ2) is 5.97. The lowest BCUT2D eigenvalue weighted by molar-refractivity contribution is -0.120. The number of H-pyrrole nitrogens is 1. The van der Waals surface area contributed by atoms with Crippen molar-refractivity contribution in [1.29, 1.82) is 0 Å². The van der Waals surface area contributed by atoms with Crippen LogP contribution in [0.3, 0.4) is 0 Å². The Morgan fingerprint density at radius 3 is 2.95 bits per heavy atom. The molecule has 7 heteroatoms. The van der Waals surface area contributed by atoms with E-state index in [4.69, 9.17) is 0 Å². The lowest BCUT2D eigenvalue weighted by atomic mass is 10.1. The van der Waals surface area contributed by atoms with E-state index in [1.807, 2.05) is 42.6 Å². The summed E-state index contributed by atoms with van der Waals surface area (Å²) in [4.78, 5) is 12.0. The maximum absolute atomic E-state index is 12.0. The molecule has 0 saturated heterocycles. The van der Waals surface area contributed by atoms with Crippen molar-refractivity contribution in [2.24, 2.45) is 0 Å². The monoisotopic (exact) mass is 298 g/mol. The van der Waals surface area contributed by atoms with Gasteiger partial charge in [-0.1, -0.05) is 6.07 Å². The Bertz CT molecular complexity index is 784. The number of carbonyl (C=O) groups is 1. The number of amides is 1. The molecule has 0 radical (unpaired) electrons. The number of rotatable bonds is 5. The Kier molecular flexibility index (Phi) is 3.86. The molecular weight excluding hydrogens is 280 g/mol. The summed E-state index contributed by atoms with van der Waals surface area (Å²) in [5.74, 6) is 0.827. The Labute approximate surface area is 127 Å². The molecule has 0 aliphatic carbocycles. The summed E-state index contributed by atoms with van der Waals surface area (Å²) in [5.41, 5.74) is 3.59. The number of nitrogens with zero attached hydrogens (tertiary/aromatic N) is 4. The summed E-state index contributed by atoms with van der Waals surface area (Å²) in [7, 11) is 0. The first kappa shape index (κ1) is 14.2. The van der Waals surface area contributed by atoms with Crippen LogP contribution in [0.4, 0.5) is 0 Å². The minimum atomic E-state index is -0.0126. The predicted molar refractivity (Wildman–Crippen MR) is 81.5 cm³/mol. The number of hydrogen-bond acceptors (Lipinski definition) is 4. The molecule has 0 atom stereocenters. The molecule has 114 valence electrons. The van der Waals surface area contributed by atoms with Crippen molar-refractivity contribution in [2.75, 3.05) is 6.54 Å². The van der Waals surface area contributed by atoms with Gasteiger partial charge in [0.25, 0.3) is 0 Å². The number of nitrogens with one attached hydrogen (secondary N) is 2. The molecule has 3 heterocycles. The Morgan fingerprint density at radius 2 is 2.18 bits per heavy atom. The highest BCUT2D eigenvalue weighted by Gasteiger charge is 2.11.